The molecule has 244 valence electrons. The molecule has 0 radical (unpaired) electrons. The summed E-state index contributed by atoms with van der Waals surface area (Å²) in [6, 6.07) is 3.51. The van der Waals surface area contributed by atoms with Crippen molar-refractivity contribution >= 4 is 0 Å². The average molecular weight is 611 g/mol. The van der Waals surface area contributed by atoms with Gasteiger partial charge in [-0.05, 0) is 118 Å². The topological polar surface area (TPSA) is 9.23 Å². The highest BCUT2D eigenvalue weighted by Crippen LogP contribution is 2.44. The van der Waals surface area contributed by atoms with Gasteiger partial charge in [0.15, 0.2) is 0 Å². The third-order valence-electron chi connectivity index (χ3n) is 10.9. The Morgan fingerprint density at radius 3 is 1.65 bits per heavy atom. The molecule has 0 unspecified atom stereocenters. The van der Waals surface area contributed by atoms with Gasteiger partial charge >= 0.3 is 12.3 Å². The van der Waals surface area contributed by atoms with E-state index >= 15 is 0 Å². The molecule has 0 spiro atoms. The van der Waals surface area contributed by atoms with Gasteiger partial charge in [0.05, 0.1) is 11.5 Å². The Morgan fingerprint density at radius 1 is 0.628 bits per heavy atom. The van der Waals surface area contributed by atoms with Crippen LogP contribution in [0.3, 0.4) is 0 Å². The van der Waals surface area contributed by atoms with Crippen molar-refractivity contribution in [2.75, 3.05) is 0 Å². The first-order valence-corrected chi connectivity index (χ1v) is 17.6. The van der Waals surface area contributed by atoms with Crippen LogP contribution in [0.15, 0.2) is 36.4 Å². The molecule has 0 bridgehead atoms. The van der Waals surface area contributed by atoms with Crippen LogP contribution in [0.1, 0.15) is 141 Å². The zero-order valence-electron chi connectivity index (χ0n) is 26.4. The van der Waals surface area contributed by atoms with Crippen LogP contribution in [0.4, 0.5) is 22.0 Å². The van der Waals surface area contributed by atoms with E-state index < -0.39 is 23.8 Å². The second-order valence-electron chi connectivity index (χ2n) is 14.0. The van der Waals surface area contributed by atoms with Crippen LogP contribution in [0, 0.1) is 35.5 Å². The fourth-order valence-corrected chi connectivity index (χ4v) is 8.06. The second kappa shape index (κ2) is 16.6. The van der Waals surface area contributed by atoms with Crippen molar-refractivity contribution in [2.45, 2.75) is 148 Å². The van der Waals surface area contributed by atoms with E-state index in [9.17, 15) is 22.0 Å². The molecule has 3 saturated carbocycles. The molecule has 0 aromatic heterocycles. The molecule has 0 saturated heterocycles. The fraction of sp³-hybridized carbons (Fsp3) is 0.784. The molecular formula is C37H55F5O. The van der Waals surface area contributed by atoms with E-state index in [4.69, 9.17) is 4.74 Å². The molecular weight excluding hydrogens is 555 g/mol. The average Bonchev–Trinajstić information content (AvgIpc) is 3.00. The van der Waals surface area contributed by atoms with E-state index in [-0.39, 0.29) is 5.75 Å². The highest BCUT2D eigenvalue weighted by molar-refractivity contribution is 5.29. The minimum absolute atomic E-state index is 0.229. The number of allylic oxidation sites excluding steroid dienone is 2. The molecule has 0 amide bonds. The number of hydrogen-bond acceptors (Lipinski definition) is 1. The largest absolute Gasteiger partial charge is 0.432 e. The summed E-state index contributed by atoms with van der Waals surface area (Å²) >= 11 is 0. The van der Waals surface area contributed by atoms with Gasteiger partial charge in [0.25, 0.3) is 0 Å². The summed E-state index contributed by atoms with van der Waals surface area (Å²) in [6.07, 6.45) is 21.1. The highest BCUT2D eigenvalue weighted by Gasteiger charge is 2.44. The molecule has 0 heterocycles. The van der Waals surface area contributed by atoms with Crippen molar-refractivity contribution in [1.82, 2.24) is 0 Å². The van der Waals surface area contributed by atoms with Crippen molar-refractivity contribution in [3.8, 4) is 5.75 Å². The van der Waals surface area contributed by atoms with Gasteiger partial charge in [-0.25, -0.2) is 0 Å². The number of halogens is 5. The smallest absolute Gasteiger partial charge is 0.416 e. The predicted octanol–water partition coefficient (Wildman–Crippen LogP) is 12.8. The maximum absolute atomic E-state index is 14.8. The molecule has 3 aliphatic carbocycles. The number of alkyl halides is 5. The van der Waals surface area contributed by atoms with Gasteiger partial charge in [0.2, 0.25) is 0 Å². The number of benzene rings is 1. The summed E-state index contributed by atoms with van der Waals surface area (Å²) in [6.45, 7) is 2.28. The first-order chi connectivity index (χ1) is 20.6. The summed E-state index contributed by atoms with van der Waals surface area (Å²) in [7, 11) is 0. The molecule has 0 aliphatic heterocycles. The summed E-state index contributed by atoms with van der Waals surface area (Å²) in [4.78, 5) is 0. The van der Waals surface area contributed by atoms with Gasteiger partial charge < -0.3 is 4.74 Å². The van der Waals surface area contributed by atoms with Gasteiger partial charge in [-0.3, -0.25) is 0 Å². The Hall–Kier alpha value is -1.59. The van der Waals surface area contributed by atoms with Gasteiger partial charge in [-0.2, -0.15) is 22.0 Å². The lowest BCUT2D eigenvalue weighted by Gasteiger charge is -2.37. The van der Waals surface area contributed by atoms with Crippen LogP contribution in [0.5, 0.6) is 5.75 Å². The van der Waals surface area contributed by atoms with Crippen molar-refractivity contribution in [1.29, 1.82) is 0 Å². The SMILES string of the molecule is CCCCCCCCCC1CCC(C2CCC(/C=C/C3CCC(C(F)(F)Oc4ccc(C(F)(F)F)cc4)CC3)CC2)CC1. The Balaban J connectivity index is 1.09. The maximum atomic E-state index is 14.8. The Morgan fingerprint density at radius 2 is 1.12 bits per heavy atom. The predicted molar refractivity (Wildman–Crippen MR) is 165 cm³/mol. The highest BCUT2D eigenvalue weighted by atomic mass is 19.4. The Labute approximate surface area is 257 Å². The van der Waals surface area contributed by atoms with Gasteiger partial charge in [0.1, 0.15) is 5.75 Å². The summed E-state index contributed by atoms with van der Waals surface area (Å²) in [5.41, 5.74) is -0.875. The molecule has 1 aromatic carbocycles. The van der Waals surface area contributed by atoms with Crippen LogP contribution in [-0.2, 0) is 6.18 Å². The van der Waals surface area contributed by atoms with E-state index in [1.165, 1.54) is 103 Å². The first-order valence-electron chi connectivity index (χ1n) is 17.6. The van der Waals surface area contributed by atoms with Crippen LogP contribution in [-0.4, -0.2) is 6.11 Å². The van der Waals surface area contributed by atoms with Crippen molar-refractivity contribution in [2.24, 2.45) is 35.5 Å². The molecule has 6 heteroatoms. The number of hydrogen-bond donors (Lipinski definition) is 0. The molecule has 3 fully saturated rings. The minimum atomic E-state index is -4.50. The van der Waals surface area contributed by atoms with Crippen LogP contribution < -0.4 is 4.74 Å². The third-order valence-corrected chi connectivity index (χ3v) is 10.9. The maximum Gasteiger partial charge on any atom is 0.416 e. The standard InChI is InChI=1S/C37H55F5O/c1-2-3-4-5-6-7-8-9-28-12-18-31(19-13-28)32-20-14-29(15-21-32)10-11-30-16-22-34(23-17-30)37(41,42)43-35-26-24-33(25-27-35)36(38,39)40/h10-11,24-32,34H,2-9,12-23H2,1H3/b11-10+. The van der Waals surface area contributed by atoms with E-state index in [1.54, 1.807) is 0 Å². The number of rotatable bonds is 14. The third kappa shape index (κ3) is 11.1. The quantitative estimate of drug-likeness (QED) is 0.116. The number of ether oxygens (including phenoxy) is 1. The zero-order chi connectivity index (χ0) is 30.7. The number of unbranched alkanes of at least 4 members (excludes halogenated alkanes) is 6. The normalized spacial score (nSPS) is 29.2. The second-order valence-corrected chi connectivity index (χ2v) is 14.0. The molecule has 1 nitrogen and oxygen atoms in total. The summed E-state index contributed by atoms with van der Waals surface area (Å²) < 4.78 is 72.7. The molecule has 43 heavy (non-hydrogen) atoms. The molecule has 4 rings (SSSR count). The monoisotopic (exact) mass is 610 g/mol. The van der Waals surface area contributed by atoms with Crippen molar-refractivity contribution in [3.05, 3.63) is 42.0 Å². The lowest BCUT2D eigenvalue weighted by Crippen LogP contribution is -2.37. The van der Waals surface area contributed by atoms with E-state index in [0.29, 0.717) is 37.5 Å². The molecule has 3 aliphatic rings. The summed E-state index contributed by atoms with van der Waals surface area (Å²) in [5, 5.41) is 0. The van der Waals surface area contributed by atoms with Crippen molar-refractivity contribution < 1.29 is 26.7 Å². The minimum Gasteiger partial charge on any atom is -0.432 e. The zero-order valence-corrected chi connectivity index (χ0v) is 26.4. The van der Waals surface area contributed by atoms with E-state index in [2.05, 4.69) is 19.1 Å². The van der Waals surface area contributed by atoms with E-state index in [1.807, 2.05) is 0 Å². The van der Waals surface area contributed by atoms with Crippen LogP contribution >= 0.6 is 0 Å². The van der Waals surface area contributed by atoms with Gasteiger partial charge in [-0.15, -0.1) is 0 Å². The fourth-order valence-electron chi connectivity index (χ4n) is 8.06. The molecule has 0 atom stereocenters. The van der Waals surface area contributed by atoms with Gasteiger partial charge in [0, 0.05) is 0 Å². The Bertz CT molecular complexity index is 931. The Kier molecular flexibility index (Phi) is 13.3. The lowest BCUT2D eigenvalue weighted by molar-refractivity contribution is -0.223. The van der Waals surface area contributed by atoms with E-state index in [0.717, 1.165) is 42.0 Å². The molecule has 0 N–H and O–H groups in total. The van der Waals surface area contributed by atoms with Crippen LogP contribution in [0.2, 0.25) is 0 Å². The lowest BCUT2D eigenvalue weighted by atomic mass is 9.68. The van der Waals surface area contributed by atoms with Crippen molar-refractivity contribution in [3.63, 3.8) is 0 Å². The van der Waals surface area contributed by atoms with Gasteiger partial charge in [-0.1, -0.05) is 83.3 Å². The molecule has 1 aromatic rings. The summed E-state index contributed by atoms with van der Waals surface area (Å²) in [5.74, 6) is 2.59. The van der Waals surface area contributed by atoms with Crippen LogP contribution in [0.25, 0.3) is 0 Å². The first kappa shape index (κ1) is 34.3.